The highest BCUT2D eigenvalue weighted by Gasteiger charge is 2.28. The van der Waals surface area contributed by atoms with E-state index < -0.39 is 0 Å². The Bertz CT molecular complexity index is 521. The summed E-state index contributed by atoms with van der Waals surface area (Å²) in [6.45, 7) is 13.9. The van der Waals surface area contributed by atoms with Crippen molar-refractivity contribution in [3.63, 3.8) is 0 Å². The molecule has 0 radical (unpaired) electrons. The van der Waals surface area contributed by atoms with Gasteiger partial charge in [0, 0.05) is 12.7 Å². The summed E-state index contributed by atoms with van der Waals surface area (Å²) < 4.78 is 15.9. The number of ether oxygens (including phenoxy) is 3. The summed E-state index contributed by atoms with van der Waals surface area (Å²) in [5.74, 6) is 0.655. The summed E-state index contributed by atoms with van der Waals surface area (Å²) in [6, 6.07) is 3.82. The van der Waals surface area contributed by atoms with Gasteiger partial charge in [-0.15, -0.1) is 0 Å². The van der Waals surface area contributed by atoms with Crippen molar-refractivity contribution in [3.05, 3.63) is 28.8 Å². The summed E-state index contributed by atoms with van der Waals surface area (Å²) in [6.07, 6.45) is 0.911. The number of hydrogen-bond donors (Lipinski definition) is 0. The van der Waals surface area contributed by atoms with E-state index in [1.165, 1.54) is 0 Å². The van der Waals surface area contributed by atoms with Gasteiger partial charge in [-0.3, -0.25) is 4.79 Å². The molecule has 0 N–H and O–H groups in total. The first-order chi connectivity index (χ1) is 10.6. The van der Waals surface area contributed by atoms with E-state index >= 15 is 0 Å². The summed E-state index contributed by atoms with van der Waals surface area (Å²) in [7, 11) is 1.63. The maximum absolute atomic E-state index is 11.6. The zero-order valence-corrected chi connectivity index (χ0v) is 15.5. The lowest BCUT2D eigenvalue weighted by atomic mass is 9.73. The molecule has 0 aliphatic carbocycles. The van der Waals surface area contributed by atoms with Crippen molar-refractivity contribution >= 4 is 6.29 Å². The topological polar surface area (TPSA) is 44.8 Å². The van der Waals surface area contributed by atoms with Crippen molar-refractivity contribution in [3.8, 4) is 5.75 Å². The molecule has 130 valence electrons. The molecule has 0 saturated carbocycles. The average molecular weight is 322 g/mol. The predicted molar refractivity (Wildman–Crippen MR) is 92.6 cm³/mol. The SMILES string of the molecule is COCCOCOc1cc(C=O)c(C(C)(C)C)c(C(C)(C)C)c1. The quantitative estimate of drug-likeness (QED) is 0.431. The van der Waals surface area contributed by atoms with Crippen LogP contribution in [0.15, 0.2) is 12.1 Å². The molecule has 0 atom stereocenters. The monoisotopic (exact) mass is 322 g/mol. The van der Waals surface area contributed by atoms with Crippen LogP contribution in [-0.4, -0.2) is 33.4 Å². The third kappa shape index (κ3) is 5.63. The van der Waals surface area contributed by atoms with Gasteiger partial charge in [-0.05, 0) is 34.1 Å². The third-order valence-electron chi connectivity index (χ3n) is 3.57. The molecule has 0 heterocycles. The van der Waals surface area contributed by atoms with E-state index in [9.17, 15) is 4.79 Å². The predicted octanol–water partition coefficient (Wildman–Crippen LogP) is 4.09. The van der Waals surface area contributed by atoms with Gasteiger partial charge in [-0.25, -0.2) is 0 Å². The Morgan fingerprint density at radius 1 is 1.00 bits per heavy atom. The number of aldehydes is 1. The summed E-state index contributed by atoms with van der Waals surface area (Å²) in [4.78, 5) is 11.6. The van der Waals surface area contributed by atoms with E-state index in [4.69, 9.17) is 14.2 Å². The van der Waals surface area contributed by atoms with Crippen LogP contribution in [0, 0.1) is 0 Å². The highest BCUT2D eigenvalue weighted by Crippen LogP contribution is 2.38. The van der Waals surface area contributed by atoms with Gasteiger partial charge in [-0.2, -0.15) is 0 Å². The molecule has 1 aromatic carbocycles. The van der Waals surface area contributed by atoms with Crippen LogP contribution in [0.3, 0.4) is 0 Å². The molecule has 0 fully saturated rings. The number of rotatable bonds is 7. The summed E-state index contributed by atoms with van der Waals surface area (Å²) in [5, 5.41) is 0. The van der Waals surface area contributed by atoms with Gasteiger partial charge in [0.25, 0.3) is 0 Å². The largest absolute Gasteiger partial charge is 0.468 e. The van der Waals surface area contributed by atoms with Crippen LogP contribution in [0.2, 0.25) is 0 Å². The van der Waals surface area contributed by atoms with Gasteiger partial charge in [0.05, 0.1) is 13.2 Å². The minimum Gasteiger partial charge on any atom is -0.468 e. The van der Waals surface area contributed by atoms with Gasteiger partial charge < -0.3 is 14.2 Å². The van der Waals surface area contributed by atoms with E-state index in [1.807, 2.05) is 6.07 Å². The number of carbonyl (C=O) groups is 1. The van der Waals surface area contributed by atoms with Crippen LogP contribution >= 0.6 is 0 Å². The lowest BCUT2D eigenvalue weighted by Gasteiger charge is -2.32. The Kier molecular flexibility index (Phi) is 6.78. The van der Waals surface area contributed by atoms with Crippen molar-refractivity contribution in [1.29, 1.82) is 0 Å². The molecule has 4 nitrogen and oxygen atoms in total. The van der Waals surface area contributed by atoms with E-state index in [0.29, 0.717) is 24.5 Å². The van der Waals surface area contributed by atoms with Crippen molar-refractivity contribution < 1.29 is 19.0 Å². The molecule has 0 unspecified atom stereocenters. The minimum absolute atomic E-state index is 0.0867. The fourth-order valence-electron chi connectivity index (χ4n) is 2.55. The van der Waals surface area contributed by atoms with Crippen LogP contribution < -0.4 is 4.74 Å². The second kappa shape index (κ2) is 7.93. The maximum Gasteiger partial charge on any atom is 0.189 e. The molecule has 0 aromatic heterocycles. The normalized spacial score (nSPS) is 12.3. The number of hydrogen-bond acceptors (Lipinski definition) is 4. The molecule has 0 spiro atoms. The fourth-order valence-corrected chi connectivity index (χ4v) is 2.55. The molecular formula is C19H30O4. The molecule has 1 aromatic rings. The smallest absolute Gasteiger partial charge is 0.189 e. The lowest BCUT2D eigenvalue weighted by molar-refractivity contribution is -0.00856. The van der Waals surface area contributed by atoms with Crippen molar-refractivity contribution in [1.82, 2.24) is 0 Å². The highest BCUT2D eigenvalue weighted by molar-refractivity contribution is 5.80. The van der Waals surface area contributed by atoms with Gasteiger partial charge >= 0.3 is 0 Å². The number of methoxy groups -OCH3 is 1. The van der Waals surface area contributed by atoms with Crippen LogP contribution in [0.4, 0.5) is 0 Å². The lowest BCUT2D eigenvalue weighted by Crippen LogP contribution is -2.24. The fraction of sp³-hybridized carbons (Fsp3) is 0.632. The summed E-state index contributed by atoms with van der Waals surface area (Å²) in [5.41, 5.74) is 2.68. The maximum atomic E-state index is 11.6. The van der Waals surface area contributed by atoms with Gasteiger partial charge in [0.1, 0.15) is 12.0 Å². The van der Waals surface area contributed by atoms with Gasteiger partial charge in [-0.1, -0.05) is 41.5 Å². The van der Waals surface area contributed by atoms with E-state index in [1.54, 1.807) is 13.2 Å². The van der Waals surface area contributed by atoms with Gasteiger partial charge in [0.15, 0.2) is 6.79 Å². The molecule has 1 rings (SSSR count). The minimum atomic E-state index is -0.119. The third-order valence-corrected chi connectivity index (χ3v) is 3.57. The second-order valence-corrected chi connectivity index (χ2v) is 7.72. The molecule has 0 aliphatic heterocycles. The molecular weight excluding hydrogens is 292 g/mol. The Labute approximate surface area is 140 Å². The Hall–Kier alpha value is -1.39. The van der Waals surface area contributed by atoms with Crippen molar-refractivity contribution in [2.45, 2.75) is 52.4 Å². The zero-order valence-electron chi connectivity index (χ0n) is 15.5. The van der Waals surface area contributed by atoms with Crippen LogP contribution in [0.5, 0.6) is 5.75 Å². The Morgan fingerprint density at radius 2 is 1.65 bits per heavy atom. The molecule has 0 aliphatic rings. The Balaban J connectivity index is 3.14. The highest BCUT2D eigenvalue weighted by atomic mass is 16.7. The van der Waals surface area contributed by atoms with Crippen LogP contribution in [0.1, 0.15) is 63.0 Å². The number of carbonyl (C=O) groups excluding carboxylic acids is 1. The first kappa shape index (κ1) is 19.7. The second-order valence-electron chi connectivity index (χ2n) is 7.72. The van der Waals surface area contributed by atoms with Crippen LogP contribution in [-0.2, 0) is 20.3 Å². The van der Waals surface area contributed by atoms with Crippen LogP contribution in [0.25, 0.3) is 0 Å². The average Bonchev–Trinajstić information content (AvgIpc) is 2.44. The summed E-state index contributed by atoms with van der Waals surface area (Å²) >= 11 is 0. The number of benzene rings is 1. The molecule has 0 saturated heterocycles. The molecule has 4 heteroatoms. The van der Waals surface area contributed by atoms with Crippen molar-refractivity contribution in [2.75, 3.05) is 27.1 Å². The molecule has 0 bridgehead atoms. The van der Waals surface area contributed by atoms with Gasteiger partial charge in [0.2, 0.25) is 0 Å². The van der Waals surface area contributed by atoms with Crippen molar-refractivity contribution in [2.24, 2.45) is 0 Å². The van der Waals surface area contributed by atoms with E-state index in [0.717, 1.165) is 17.4 Å². The first-order valence-electron chi connectivity index (χ1n) is 7.95. The zero-order chi connectivity index (χ0) is 17.7. The first-order valence-corrected chi connectivity index (χ1v) is 7.95. The molecule has 23 heavy (non-hydrogen) atoms. The van der Waals surface area contributed by atoms with E-state index in [-0.39, 0.29) is 17.6 Å². The Morgan fingerprint density at radius 3 is 2.13 bits per heavy atom. The standard InChI is InChI=1S/C19H30O4/c1-18(2,3)16-11-15(23-13-22-9-8-21-7)10-14(12-20)17(16)19(4,5)6/h10-12H,8-9,13H2,1-7H3. The van der Waals surface area contributed by atoms with E-state index in [2.05, 4.69) is 41.5 Å². The molecule has 0 amide bonds.